The molecule has 3 heterocycles. The van der Waals surface area contributed by atoms with Gasteiger partial charge >= 0.3 is 0 Å². The van der Waals surface area contributed by atoms with Crippen LogP contribution in [0.1, 0.15) is 38.8 Å². The predicted molar refractivity (Wildman–Crippen MR) is 270 cm³/mol. The number of fused-ring (bicyclic) bond motifs is 11. The predicted octanol–water partition coefficient (Wildman–Crippen LogP) is 16.0. The van der Waals surface area contributed by atoms with E-state index in [9.17, 15) is 0 Å². The first-order valence-corrected chi connectivity index (χ1v) is 22.5. The largest absolute Gasteiger partial charge is 0.456 e. The van der Waals surface area contributed by atoms with E-state index in [4.69, 9.17) is 19.4 Å². The maximum absolute atomic E-state index is 6.31. The molecular formula is C60H44N4O. The minimum Gasteiger partial charge on any atom is -0.456 e. The van der Waals surface area contributed by atoms with Gasteiger partial charge in [0.15, 0.2) is 17.5 Å². The van der Waals surface area contributed by atoms with Crippen LogP contribution in [-0.2, 0) is 5.41 Å². The summed E-state index contributed by atoms with van der Waals surface area (Å²) in [7, 11) is 0. The molecule has 5 heteroatoms. The van der Waals surface area contributed by atoms with Crippen molar-refractivity contribution in [2.24, 2.45) is 0 Å². The molecule has 1 aliphatic rings. The fourth-order valence-electron chi connectivity index (χ4n) is 10.2. The van der Waals surface area contributed by atoms with Gasteiger partial charge < -0.3 is 8.98 Å². The molecule has 3 aromatic heterocycles. The van der Waals surface area contributed by atoms with Gasteiger partial charge in [0.1, 0.15) is 11.2 Å². The van der Waals surface area contributed by atoms with E-state index in [2.05, 4.69) is 158 Å². The van der Waals surface area contributed by atoms with Crippen molar-refractivity contribution in [3.8, 4) is 62.1 Å². The first-order valence-electron chi connectivity index (χ1n) is 22.5. The quantitative estimate of drug-likeness (QED) is 0.173. The second-order valence-corrected chi connectivity index (χ2v) is 17.2. The van der Waals surface area contributed by atoms with Gasteiger partial charge in [-0.25, -0.2) is 15.0 Å². The standard InChI is InChI=1S/C58H38N4O.C2H6/c1-58(2)48-24-10-8-20-43(48)44-29-26-37(33-49(44)58)42-22-13-23-47-53-41-19-7-6-14-35(41)28-31-50(53)62(54(42)47)40-18-12-17-38(32-40)56-59-55(36-15-4-3-5-16-36)60-57(61-56)39-27-30-46-45-21-9-11-25-51(45)63-52(46)34-39;1-2/h3-34H,1-2H3;1-2H3. The van der Waals surface area contributed by atoms with Crippen molar-refractivity contribution < 1.29 is 4.42 Å². The first-order chi connectivity index (χ1) is 32.0. The van der Waals surface area contributed by atoms with Gasteiger partial charge in [-0.15, -0.1) is 0 Å². The summed E-state index contributed by atoms with van der Waals surface area (Å²) in [6.07, 6.45) is 0. The van der Waals surface area contributed by atoms with Gasteiger partial charge in [-0.3, -0.25) is 0 Å². The van der Waals surface area contributed by atoms with Crippen LogP contribution in [0.4, 0.5) is 0 Å². The van der Waals surface area contributed by atoms with Crippen LogP contribution in [-0.4, -0.2) is 19.5 Å². The third-order valence-electron chi connectivity index (χ3n) is 13.2. The normalized spacial score (nSPS) is 12.7. The Kier molecular flexibility index (Phi) is 8.89. The Morgan fingerprint density at radius 3 is 1.88 bits per heavy atom. The summed E-state index contributed by atoms with van der Waals surface area (Å²) in [5, 5.41) is 7.04. The van der Waals surface area contributed by atoms with Crippen molar-refractivity contribution in [3.05, 3.63) is 205 Å². The molecule has 0 saturated heterocycles. The van der Waals surface area contributed by atoms with Crippen molar-refractivity contribution in [2.45, 2.75) is 33.1 Å². The third-order valence-corrected chi connectivity index (χ3v) is 13.2. The lowest BCUT2D eigenvalue weighted by atomic mass is 9.81. The Morgan fingerprint density at radius 2 is 1.03 bits per heavy atom. The van der Waals surface area contributed by atoms with Crippen molar-refractivity contribution in [1.29, 1.82) is 0 Å². The molecule has 65 heavy (non-hydrogen) atoms. The number of furan rings is 1. The average molecular weight is 837 g/mol. The van der Waals surface area contributed by atoms with Crippen LogP contribution in [0.3, 0.4) is 0 Å². The number of rotatable bonds is 5. The zero-order valence-electron chi connectivity index (χ0n) is 36.7. The monoisotopic (exact) mass is 836 g/mol. The van der Waals surface area contributed by atoms with Gasteiger partial charge in [0, 0.05) is 54.9 Å². The van der Waals surface area contributed by atoms with E-state index in [1.54, 1.807) is 0 Å². The molecule has 0 radical (unpaired) electrons. The van der Waals surface area contributed by atoms with Gasteiger partial charge in [-0.05, 0) is 81.1 Å². The van der Waals surface area contributed by atoms with Crippen molar-refractivity contribution in [2.75, 3.05) is 0 Å². The highest BCUT2D eigenvalue weighted by Crippen LogP contribution is 2.50. The average Bonchev–Trinajstić information content (AvgIpc) is 4.00. The van der Waals surface area contributed by atoms with Crippen LogP contribution in [0, 0.1) is 0 Å². The molecule has 0 fully saturated rings. The van der Waals surface area contributed by atoms with Crippen molar-refractivity contribution >= 4 is 54.5 Å². The highest BCUT2D eigenvalue weighted by molar-refractivity contribution is 6.23. The molecule has 0 saturated carbocycles. The Morgan fingerprint density at radius 1 is 0.415 bits per heavy atom. The lowest BCUT2D eigenvalue weighted by Gasteiger charge is -2.22. The number of benzene rings is 9. The van der Waals surface area contributed by atoms with E-state index in [-0.39, 0.29) is 5.41 Å². The Hall–Kier alpha value is -8.15. The number of hydrogen-bond acceptors (Lipinski definition) is 4. The molecule has 0 unspecified atom stereocenters. The summed E-state index contributed by atoms with van der Waals surface area (Å²) < 4.78 is 8.76. The van der Waals surface area contributed by atoms with Crippen LogP contribution in [0.25, 0.3) is 117 Å². The lowest BCUT2D eigenvalue weighted by molar-refractivity contribution is 0.660. The minimum absolute atomic E-state index is 0.118. The second-order valence-electron chi connectivity index (χ2n) is 17.2. The second kappa shape index (κ2) is 15.0. The van der Waals surface area contributed by atoms with Crippen molar-refractivity contribution in [1.82, 2.24) is 19.5 Å². The highest BCUT2D eigenvalue weighted by atomic mass is 16.3. The molecule has 5 nitrogen and oxygen atoms in total. The topological polar surface area (TPSA) is 56.7 Å². The van der Waals surface area contributed by atoms with Crippen LogP contribution in [0.2, 0.25) is 0 Å². The Bertz CT molecular complexity index is 3840. The smallest absolute Gasteiger partial charge is 0.164 e. The van der Waals surface area contributed by atoms with Crippen LogP contribution >= 0.6 is 0 Å². The van der Waals surface area contributed by atoms with E-state index in [1.807, 2.05) is 68.4 Å². The van der Waals surface area contributed by atoms with E-state index in [0.29, 0.717) is 17.5 Å². The highest BCUT2D eigenvalue weighted by Gasteiger charge is 2.35. The van der Waals surface area contributed by atoms with E-state index in [1.165, 1.54) is 54.9 Å². The molecule has 310 valence electrons. The number of aromatic nitrogens is 4. The molecule has 12 aromatic rings. The minimum atomic E-state index is -0.118. The van der Waals surface area contributed by atoms with E-state index >= 15 is 0 Å². The Labute approximate surface area is 377 Å². The van der Waals surface area contributed by atoms with Gasteiger partial charge in [0.2, 0.25) is 0 Å². The summed E-state index contributed by atoms with van der Waals surface area (Å²) in [4.78, 5) is 15.4. The maximum Gasteiger partial charge on any atom is 0.164 e. The Balaban J connectivity index is 0.00000219. The van der Waals surface area contributed by atoms with Gasteiger partial charge in [0.25, 0.3) is 0 Å². The summed E-state index contributed by atoms with van der Waals surface area (Å²) in [5.41, 5.74) is 15.3. The summed E-state index contributed by atoms with van der Waals surface area (Å²) >= 11 is 0. The van der Waals surface area contributed by atoms with E-state index in [0.717, 1.165) is 55.3 Å². The molecule has 0 spiro atoms. The molecule has 0 bridgehead atoms. The maximum atomic E-state index is 6.31. The van der Waals surface area contributed by atoms with Crippen LogP contribution in [0.5, 0.6) is 0 Å². The molecule has 9 aromatic carbocycles. The van der Waals surface area contributed by atoms with E-state index < -0.39 is 0 Å². The van der Waals surface area contributed by atoms with Crippen molar-refractivity contribution in [3.63, 3.8) is 0 Å². The van der Waals surface area contributed by atoms with Crippen LogP contribution in [0.15, 0.2) is 199 Å². The third kappa shape index (κ3) is 6.03. The summed E-state index contributed by atoms with van der Waals surface area (Å²) in [6, 6.07) is 69.1. The molecule has 13 rings (SSSR count). The lowest BCUT2D eigenvalue weighted by Crippen LogP contribution is -2.14. The number of hydrogen-bond donors (Lipinski definition) is 0. The summed E-state index contributed by atoms with van der Waals surface area (Å²) in [6.45, 7) is 8.70. The molecule has 1 aliphatic carbocycles. The number of para-hydroxylation sites is 2. The summed E-state index contributed by atoms with van der Waals surface area (Å²) in [5.74, 6) is 1.79. The van der Waals surface area contributed by atoms with Crippen LogP contribution < -0.4 is 0 Å². The van der Waals surface area contributed by atoms with Gasteiger partial charge in [0.05, 0.1) is 11.0 Å². The molecule has 0 atom stereocenters. The molecule has 0 aliphatic heterocycles. The van der Waals surface area contributed by atoms with Gasteiger partial charge in [-0.2, -0.15) is 0 Å². The number of nitrogens with zero attached hydrogens (tertiary/aromatic N) is 4. The SMILES string of the molecule is CC.CC1(C)c2ccccc2-c2ccc(-c3cccc4c5c6ccccc6ccc5n(-c5cccc(-c6nc(-c7ccccc7)nc(-c7ccc8c(c7)oc7ccccc78)n6)c5)c34)cc21. The first kappa shape index (κ1) is 38.5. The fourth-order valence-corrected chi connectivity index (χ4v) is 10.2. The molecular weight excluding hydrogens is 793 g/mol. The fraction of sp³-hybridized carbons (Fsp3) is 0.0833. The zero-order valence-corrected chi connectivity index (χ0v) is 36.7. The molecule has 0 amide bonds. The molecule has 0 N–H and O–H groups in total. The van der Waals surface area contributed by atoms with Gasteiger partial charge in [-0.1, -0.05) is 179 Å². The zero-order chi connectivity index (χ0) is 43.8.